The molecule has 0 aromatic carbocycles. The van der Waals surface area contributed by atoms with Gasteiger partial charge in [-0.1, -0.05) is 0 Å². The summed E-state index contributed by atoms with van der Waals surface area (Å²) < 4.78 is 25.3. The highest BCUT2D eigenvalue weighted by Gasteiger charge is 2.39. The molecule has 0 aliphatic heterocycles. The van der Waals surface area contributed by atoms with Gasteiger partial charge in [-0.3, -0.25) is 4.52 Å². The van der Waals surface area contributed by atoms with Gasteiger partial charge in [0.05, 0.1) is 0 Å². The van der Waals surface area contributed by atoms with Crippen LogP contribution in [0.2, 0.25) is 0 Å². The molecule has 0 aliphatic carbocycles. The van der Waals surface area contributed by atoms with Crippen LogP contribution in [-0.4, -0.2) is 35.4 Å². The van der Waals surface area contributed by atoms with Crippen molar-refractivity contribution in [3.63, 3.8) is 0 Å². The van der Waals surface area contributed by atoms with Crippen molar-refractivity contribution in [2.75, 3.05) is 13.7 Å². The Morgan fingerprint density at radius 1 is 1.50 bits per heavy atom. The summed E-state index contributed by atoms with van der Waals surface area (Å²) in [6.45, 7) is 4.99. The summed E-state index contributed by atoms with van der Waals surface area (Å²) in [6.07, 6.45) is -0.588. The van der Waals surface area contributed by atoms with Crippen LogP contribution in [0.1, 0.15) is 20.8 Å². The molecule has 0 amide bonds. The van der Waals surface area contributed by atoms with E-state index in [1.807, 2.05) is 0 Å². The molecule has 0 aliphatic rings. The van der Waals surface area contributed by atoms with E-state index in [4.69, 9.17) is 19.3 Å². The molecule has 6 nitrogen and oxygen atoms in total. The van der Waals surface area contributed by atoms with Crippen LogP contribution in [0.15, 0.2) is 0 Å². The van der Waals surface area contributed by atoms with Crippen LogP contribution in [0.4, 0.5) is 0 Å². The van der Waals surface area contributed by atoms with Gasteiger partial charge in [-0.2, -0.15) is 0 Å². The molecule has 0 aromatic heterocycles. The minimum atomic E-state index is -4.59. The van der Waals surface area contributed by atoms with Crippen LogP contribution in [0.3, 0.4) is 0 Å². The number of hydrogen-bond donors (Lipinski definition) is 2. The van der Waals surface area contributed by atoms with E-state index in [2.05, 4.69) is 4.52 Å². The largest absolute Gasteiger partial charge is 0.472 e. The number of methoxy groups -OCH3 is 1. The zero-order valence-electron chi connectivity index (χ0n) is 8.76. The Kier molecular flexibility index (Phi) is 5.22. The lowest BCUT2D eigenvalue weighted by atomic mass is 10.2. The second-order valence-electron chi connectivity index (χ2n) is 2.91. The fourth-order valence-corrected chi connectivity index (χ4v) is 1.63. The molecule has 14 heavy (non-hydrogen) atoms. The van der Waals surface area contributed by atoms with Gasteiger partial charge in [0.25, 0.3) is 0 Å². The van der Waals surface area contributed by atoms with Crippen molar-refractivity contribution in [1.29, 1.82) is 0 Å². The topological polar surface area (TPSA) is 85.2 Å². The SMILES string of the molecule is CCOC(C)(OP(=O)(O)O)C(C)OC. The third kappa shape index (κ3) is 4.50. The zero-order valence-corrected chi connectivity index (χ0v) is 9.65. The van der Waals surface area contributed by atoms with Crippen LogP contribution in [-0.2, 0) is 18.6 Å². The number of phosphoric acid groups is 1. The van der Waals surface area contributed by atoms with E-state index in [0.717, 1.165) is 0 Å². The fraction of sp³-hybridized carbons (Fsp3) is 1.00. The third-order valence-electron chi connectivity index (χ3n) is 1.82. The first kappa shape index (κ1) is 14.0. The Morgan fingerprint density at radius 2 is 2.00 bits per heavy atom. The van der Waals surface area contributed by atoms with Crippen molar-refractivity contribution in [2.45, 2.75) is 32.7 Å². The average Bonchev–Trinajstić information content (AvgIpc) is 2.00. The quantitative estimate of drug-likeness (QED) is 0.518. The van der Waals surface area contributed by atoms with E-state index in [-0.39, 0.29) is 6.61 Å². The van der Waals surface area contributed by atoms with Crippen LogP contribution >= 0.6 is 7.82 Å². The molecule has 0 bridgehead atoms. The molecule has 2 unspecified atom stereocenters. The molecule has 0 aromatic rings. The molecule has 2 atom stereocenters. The predicted molar refractivity (Wildman–Crippen MR) is 49.6 cm³/mol. The molecule has 2 N–H and O–H groups in total. The van der Waals surface area contributed by atoms with Gasteiger partial charge in [0.1, 0.15) is 6.10 Å². The maximum absolute atomic E-state index is 10.7. The maximum Gasteiger partial charge on any atom is 0.472 e. The number of ether oxygens (including phenoxy) is 2. The Labute approximate surface area is 83.4 Å². The lowest BCUT2D eigenvalue weighted by Gasteiger charge is -2.33. The van der Waals surface area contributed by atoms with Crippen molar-refractivity contribution in [3.8, 4) is 0 Å². The van der Waals surface area contributed by atoms with Crippen molar-refractivity contribution < 1.29 is 28.3 Å². The normalized spacial score (nSPS) is 19.0. The Balaban J connectivity index is 4.63. The summed E-state index contributed by atoms with van der Waals surface area (Å²) in [6, 6.07) is 0. The van der Waals surface area contributed by atoms with E-state index >= 15 is 0 Å². The van der Waals surface area contributed by atoms with E-state index in [0.29, 0.717) is 0 Å². The highest BCUT2D eigenvalue weighted by Crippen LogP contribution is 2.43. The van der Waals surface area contributed by atoms with Crippen LogP contribution in [0, 0.1) is 0 Å². The van der Waals surface area contributed by atoms with Gasteiger partial charge in [-0.15, -0.1) is 0 Å². The van der Waals surface area contributed by atoms with Crippen molar-refractivity contribution in [2.24, 2.45) is 0 Å². The van der Waals surface area contributed by atoms with Crippen LogP contribution < -0.4 is 0 Å². The van der Waals surface area contributed by atoms with Crippen molar-refractivity contribution in [1.82, 2.24) is 0 Å². The number of phosphoric ester groups is 1. The van der Waals surface area contributed by atoms with Crippen molar-refractivity contribution in [3.05, 3.63) is 0 Å². The Morgan fingerprint density at radius 3 is 2.29 bits per heavy atom. The molecule has 86 valence electrons. The number of hydrogen-bond acceptors (Lipinski definition) is 4. The number of rotatable bonds is 6. The van der Waals surface area contributed by atoms with Gasteiger partial charge in [0.2, 0.25) is 5.79 Å². The summed E-state index contributed by atoms with van der Waals surface area (Å²) in [5, 5.41) is 0. The molecule has 0 rings (SSSR count). The van der Waals surface area contributed by atoms with E-state index in [1.54, 1.807) is 13.8 Å². The highest BCUT2D eigenvalue weighted by atomic mass is 31.2. The molecule has 0 saturated heterocycles. The third-order valence-corrected chi connectivity index (χ3v) is 2.42. The standard InChI is InChI=1S/C7H17O6P/c1-5-12-7(3,6(2)11-4)13-14(8,9)10/h6H,5H2,1-4H3,(H2,8,9,10). The molecule has 0 heterocycles. The molecular weight excluding hydrogens is 211 g/mol. The predicted octanol–water partition coefficient (Wildman–Crippen LogP) is 0.883. The molecule has 0 saturated carbocycles. The van der Waals surface area contributed by atoms with Crippen LogP contribution in [0.5, 0.6) is 0 Å². The first-order valence-electron chi connectivity index (χ1n) is 4.18. The summed E-state index contributed by atoms with van der Waals surface area (Å²) in [4.78, 5) is 17.4. The molecule has 0 spiro atoms. The maximum atomic E-state index is 10.7. The highest BCUT2D eigenvalue weighted by molar-refractivity contribution is 7.46. The summed E-state index contributed by atoms with van der Waals surface area (Å²) in [7, 11) is -3.18. The van der Waals surface area contributed by atoms with Gasteiger partial charge in [0.15, 0.2) is 0 Å². The Hall–Kier alpha value is 0.0300. The average molecular weight is 228 g/mol. The van der Waals surface area contributed by atoms with Gasteiger partial charge in [-0.05, 0) is 20.8 Å². The zero-order chi connectivity index (χ0) is 11.4. The van der Waals surface area contributed by atoms with Crippen LogP contribution in [0.25, 0.3) is 0 Å². The first-order valence-corrected chi connectivity index (χ1v) is 5.71. The molecule has 0 fully saturated rings. The van der Waals surface area contributed by atoms with E-state index in [9.17, 15) is 4.57 Å². The molecular formula is C7H17O6P. The summed E-state index contributed by atoms with van der Waals surface area (Å²) in [5.74, 6) is -1.44. The van der Waals surface area contributed by atoms with E-state index in [1.165, 1.54) is 14.0 Å². The monoisotopic (exact) mass is 228 g/mol. The molecule has 7 heteroatoms. The Bertz CT molecular complexity index is 214. The van der Waals surface area contributed by atoms with E-state index < -0.39 is 19.7 Å². The second kappa shape index (κ2) is 5.21. The second-order valence-corrected chi connectivity index (χ2v) is 4.07. The minimum Gasteiger partial charge on any atom is -0.376 e. The molecule has 0 radical (unpaired) electrons. The van der Waals surface area contributed by atoms with Gasteiger partial charge < -0.3 is 19.3 Å². The van der Waals surface area contributed by atoms with Gasteiger partial charge >= 0.3 is 7.82 Å². The van der Waals surface area contributed by atoms with Crippen molar-refractivity contribution >= 4 is 7.82 Å². The van der Waals surface area contributed by atoms with Gasteiger partial charge in [0, 0.05) is 13.7 Å². The lowest BCUT2D eigenvalue weighted by Crippen LogP contribution is -2.43. The lowest BCUT2D eigenvalue weighted by molar-refractivity contribution is -0.233. The minimum absolute atomic E-state index is 0.268. The first-order chi connectivity index (χ1) is 6.25. The van der Waals surface area contributed by atoms with Gasteiger partial charge in [-0.25, -0.2) is 4.57 Å². The summed E-state index contributed by atoms with van der Waals surface area (Å²) in [5.41, 5.74) is 0. The summed E-state index contributed by atoms with van der Waals surface area (Å²) >= 11 is 0. The fourth-order valence-electron chi connectivity index (χ4n) is 0.955. The smallest absolute Gasteiger partial charge is 0.376 e.